The van der Waals surface area contributed by atoms with Crippen LogP contribution >= 0.6 is 11.3 Å². The number of thiophene rings is 1. The second kappa shape index (κ2) is 5.17. The van der Waals surface area contributed by atoms with Crippen LogP contribution in [0.25, 0.3) is 11.0 Å². The number of aromatic nitrogens is 2. The van der Waals surface area contributed by atoms with E-state index in [1.807, 2.05) is 11.3 Å². The summed E-state index contributed by atoms with van der Waals surface area (Å²) >= 11 is 1.84. The van der Waals surface area contributed by atoms with Crippen molar-refractivity contribution in [2.75, 3.05) is 0 Å². The van der Waals surface area contributed by atoms with Gasteiger partial charge in [-0.05, 0) is 61.4 Å². The van der Waals surface area contributed by atoms with E-state index in [9.17, 15) is 0 Å². The Kier molecular flexibility index (Phi) is 3.38. The number of nitrogens with one attached hydrogen (secondary N) is 1. The molecule has 0 aliphatic rings. The maximum Gasteiger partial charge on any atom is 0.107 e. The topological polar surface area (TPSA) is 28.7 Å². The van der Waals surface area contributed by atoms with E-state index in [2.05, 4.69) is 53.5 Å². The molecule has 1 aromatic carbocycles. The van der Waals surface area contributed by atoms with Gasteiger partial charge in [0.1, 0.15) is 5.82 Å². The van der Waals surface area contributed by atoms with E-state index in [1.165, 1.54) is 16.0 Å². The van der Waals surface area contributed by atoms with Crippen molar-refractivity contribution >= 4 is 22.4 Å². The fourth-order valence-corrected chi connectivity index (χ4v) is 3.08. The van der Waals surface area contributed by atoms with Gasteiger partial charge in [-0.3, -0.25) is 0 Å². The number of aromatic amines is 1. The Hall–Kier alpha value is -1.61. The predicted octanol–water partition coefficient (Wildman–Crippen LogP) is 4.42. The van der Waals surface area contributed by atoms with Crippen molar-refractivity contribution in [1.82, 2.24) is 9.97 Å². The van der Waals surface area contributed by atoms with Gasteiger partial charge in [-0.15, -0.1) is 11.3 Å². The lowest BCUT2D eigenvalue weighted by Crippen LogP contribution is -1.90. The molecule has 3 aromatic rings. The van der Waals surface area contributed by atoms with E-state index in [-0.39, 0.29) is 0 Å². The fraction of sp³-hybridized carbons (Fsp3) is 0.312. The Morgan fingerprint density at radius 3 is 2.79 bits per heavy atom. The van der Waals surface area contributed by atoms with Gasteiger partial charge in [0.05, 0.1) is 11.0 Å². The minimum Gasteiger partial charge on any atom is -0.342 e. The van der Waals surface area contributed by atoms with Crippen LogP contribution in [0.15, 0.2) is 29.6 Å². The average molecular weight is 270 g/mol. The van der Waals surface area contributed by atoms with Crippen molar-refractivity contribution in [3.63, 3.8) is 0 Å². The highest BCUT2D eigenvalue weighted by Crippen LogP contribution is 2.18. The first-order valence-electron chi connectivity index (χ1n) is 6.70. The Morgan fingerprint density at radius 1 is 1.16 bits per heavy atom. The molecule has 0 fully saturated rings. The van der Waals surface area contributed by atoms with Crippen molar-refractivity contribution in [1.29, 1.82) is 0 Å². The molecule has 0 aliphatic carbocycles. The van der Waals surface area contributed by atoms with E-state index >= 15 is 0 Å². The smallest absolute Gasteiger partial charge is 0.107 e. The average Bonchev–Trinajstić information content (AvgIpc) is 2.99. The molecule has 3 heteroatoms. The van der Waals surface area contributed by atoms with Gasteiger partial charge in [0.15, 0.2) is 0 Å². The number of benzene rings is 1. The third kappa shape index (κ3) is 2.71. The molecule has 1 N–H and O–H groups in total. The summed E-state index contributed by atoms with van der Waals surface area (Å²) in [5.41, 5.74) is 4.88. The highest BCUT2D eigenvalue weighted by molar-refractivity contribution is 7.09. The van der Waals surface area contributed by atoms with Gasteiger partial charge in [-0.25, -0.2) is 4.98 Å². The molecule has 0 saturated carbocycles. The van der Waals surface area contributed by atoms with E-state index < -0.39 is 0 Å². The molecule has 0 atom stereocenters. The van der Waals surface area contributed by atoms with Crippen LogP contribution in [0.2, 0.25) is 0 Å². The van der Waals surface area contributed by atoms with E-state index in [4.69, 9.17) is 0 Å². The van der Waals surface area contributed by atoms with Crippen LogP contribution in [0, 0.1) is 13.8 Å². The molecular weight excluding hydrogens is 252 g/mol. The van der Waals surface area contributed by atoms with E-state index in [1.54, 1.807) is 0 Å². The summed E-state index contributed by atoms with van der Waals surface area (Å²) in [6, 6.07) is 8.69. The van der Waals surface area contributed by atoms with Crippen LogP contribution in [-0.4, -0.2) is 9.97 Å². The molecule has 19 heavy (non-hydrogen) atoms. The predicted molar refractivity (Wildman–Crippen MR) is 81.9 cm³/mol. The molecule has 0 radical (unpaired) electrons. The lowest BCUT2D eigenvalue weighted by Gasteiger charge is -1.97. The summed E-state index contributed by atoms with van der Waals surface area (Å²) in [7, 11) is 0. The van der Waals surface area contributed by atoms with Gasteiger partial charge in [0.25, 0.3) is 0 Å². The second-order valence-electron chi connectivity index (χ2n) is 5.07. The Bertz CT molecular complexity index is 641. The maximum atomic E-state index is 4.68. The van der Waals surface area contributed by atoms with Crippen molar-refractivity contribution in [2.24, 2.45) is 0 Å². The molecule has 2 aromatic heterocycles. The van der Waals surface area contributed by atoms with Crippen molar-refractivity contribution in [3.8, 4) is 0 Å². The first-order valence-corrected chi connectivity index (χ1v) is 7.58. The zero-order chi connectivity index (χ0) is 13.2. The molecule has 0 amide bonds. The number of aryl methyl sites for hydroxylation is 4. The zero-order valence-electron chi connectivity index (χ0n) is 11.4. The first-order chi connectivity index (χ1) is 9.22. The Labute approximate surface area is 117 Å². The van der Waals surface area contributed by atoms with Crippen LogP contribution in [0.4, 0.5) is 0 Å². The maximum absolute atomic E-state index is 4.68. The number of imidazole rings is 1. The number of hydrogen-bond donors (Lipinski definition) is 1. The highest BCUT2D eigenvalue weighted by Gasteiger charge is 2.05. The van der Waals surface area contributed by atoms with Crippen molar-refractivity contribution in [3.05, 3.63) is 51.5 Å². The lowest BCUT2D eigenvalue weighted by atomic mass is 10.1. The molecule has 0 aliphatic heterocycles. The summed E-state index contributed by atoms with van der Waals surface area (Å²) in [5, 5.41) is 2.14. The Balaban J connectivity index is 1.71. The first kappa shape index (κ1) is 12.4. The largest absolute Gasteiger partial charge is 0.342 e. The molecule has 2 nitrogen and oxygen atoms in total. The lowest BCUT2D eigenvalue weighted by molar-refractivity contribution is 0.793. The van der Waals surface area contributed by atoms with Gasteiger partial charge in [-0.2, -0.15) is 0 Å². The summed E-state index contributed by atoms with van der Waals surface area (Å²) in [4.78, 5) is 9.58. The van der Waals surface area contributed by atoms with Crippen molar-refractivity contribution < 1.29 is 0 Å². The summed E-state index contributed by atoms with van der Waals surface area (Å²) < 4.78 is 0. The molecule has 98 valence electrons. The van der Waals surface area contributed by atoms with Gasteiger partial charge < -0.3 is 4.98 Å². The number of hydrogen-bond acceptors (Lipinski definition) is 2. The normalized spacial score (nSPS) is 11.3. The summed E-state index contributed by atoms with van der Waals surface area (Å²) in [6.45, 7) is 4.28. The quantitative estimate of drug-likeness (QED) is 0.747. The standard InChI is InChI=1S/C16H18N2S/c1-11-9-14-15(10-12(11)2)18-16(17-14)7-3-5-13-6-4-8-19-13/h4,6,8-10H,3,5,7H2,1-2H3,(H,17,18). The summed E-state index contributed by atoms with van der Waals surface area (Å²) in [6.07, 6.45) is 3.32. The minimum absolute atomic E-state index is 1.02. The number of nitrogens with zero attached hydrogens (tertiary/aromatic N) is 1. The molecule has 0 bridgehead atoms. The number of rotatable bonds is 4. The van der Waals surface area contributed by atoms with Crippen LogP contribution in [0.3, 0.4) is 0 Å². The van der Waals surface area contributed by atoms with Crippen LogP contribution in [-0.2, 0) is 12.8 Å². The number of fused-ring (bicyclic) bond motifs is 1. The van der Waals surface area contributed by atoms with Crippen molar-refractivity contribution in [2.45, 2.75) is 33.1 Å². The van der Waals surface area contributed by atoms with Crippen LogP contribution in [0.5, 0.6) is 0 Å². The Morgan fingerprint density at radius 2 is 2.00 bits per heavy atom. The number of H-pyrrole nitrogens is 1. The molecule has 3 rings (SSSR count). The van der Waals surface area contributed by atoms with Crippen LogP contribution in [0.1, 0.15) is 28.2 Å². The molecule has 0 unspecified atom stereocenters. The van der Waals surface area contributed by atoms with Gasteiger partial charge >= 0.3 is 0 Å². The third-order valence-electron chi connectivity index (χ3n) is 3.56. The molecule has 2 heterocycles. The third-order valence-corrected chi connectivity index (χ3v) is 4.50. The van der Waals surface area contributed by atoms with Gasteiger partial charge in [0.2, 0.25) is 0 Å². The highest BCUT2D eigenvalue weighted by atomic mass is 32.1. The van der Waals surface area contributed by atoms with E-state index in [0.29, 0.717) is 0 Å². The molecule has 0 saturated heterocycles. The van der Waals surface area contributed by atoms with Gasteiger partial charge in [0, 0.05) is 11.3 Å². The SMILES string of the molecule is Cc1cc2nc(CCCc3cccs3)[nH]c2cc1C. The minimum atomic E-state index is 1.02. The zero-order valence-corrected chi connectivity index (χ0v) is 12.2. The van der Waals surface area contributed by atoms with Gasteiger partial charge in [-0.1, -0.05) is 6.07 Å². The van der Waals surface area contributed by atoms with E-state index in [0.717, 1.165) is 36.1 Å². The summed E-state index contributed by atoms with van der Waals surface area (Å²) in [5.74, 6) is 1.11. The molecule has 0 spiro atoms. The van der Waals surface area contributed by atoms with Crippen LogP contribution < -0.4 is 0 Å². The fourth-order valence-electron chi connectivity index (χ4n) is 2.33. The monoisotopic (exact) mass is 270 g/mol. The second-order valence-corrected chi connectivity index (χ2v) is 6.10. The molecular formula is C16H18N2S.